The maximum Gasteiger partial charge on any atom is 0.422 e. The van der Waals surface area contributed by atoms with Gasteiger partial charge in [-0.2, -0.15) is 13.2 Å². The molecule has 0 saturated carbocycles. The van der Waals surface area contributed by atoms with Crippen LogP contribution in [0.3, 0.4) is 0 Å². The van der Waals surface area contributed by atoms with Crippen molar-refractivity contribution in [2.75, 3.05) is 26.8 Å². The van der Waals surface area contributed by atoms with Crippen LogP contribution in [0.5, 0.6) is 11.5 Å². The van der Waals surface area contributed by atoms with Gasteiger partial charge in [0.2, 0.25) is 0 Å². The quantitative estimate of drug-likeness (QED) is 0.806. The second-order valence-corrected chi connectivity index (χ2v) is 4.05. The highest BCUT2D eigenvalue weighted by atomic mass is 35.5. The van der Waals surface area contributed by atoms with Crippen molar-refractivity contribution in [3.05, 3.63) is 24.3 Å². The van der Waals surface area contributed by atoms with Gasteiger partial charge in [-0.25, -0.2) is 0 Å². The molecule has 1 amide bonds. The Balaban J connectivity index is 0.00000400. The number of hydrogen-bond acceptors (Lipinski definition) is 3. The van der Waals surface area contributed by atoms with Crippen LogP contribution in [-0.2, 0) is 4.79 Å². The fraction of sp³-hybridized carbons (Fsp3) is 0.462. The van der Waals surface area contributed by atoms with E-state index in [1.165, 1.54) is 23.1 Å². The summed E-state index contributed by atoms with van der Waals surface area (Å²) < 4.78 is 46.2. The van der Waals surface area contributed by atoms with Gasteiger partial charge in [0.25, 0.3) is 5.91 Å². The number of rotatable bonds is 6. The largest absolute Gasteiger partial charge is 0.480 e. The first-order valence-electron chi connectivity index (χ1n) is 5.99. The summed E-state index contributed by atoms with van der Waals surface area (Å²) in [5.74, 6) is -0.204. The number of alkyl halides is 3. The number of nitrogens with zero attached hydrogens (tertiary/aromatic N) is 1. The van der Waals surface area contributed by atoms with Crippen molar-refractivity contribution in [1.82, 2.24) is 4.90 Å². The summed E-state index contributed by atoms with van der Waals surface area (Å²) in [7, 11) is 1.61. The van der Waals surface area contributed by atoms with Gasteiger partial charge in [-0.05, 0) is 19.1 Å². The number of amides is 1. The van der Waals surface area contributed by atoms with Crippen LogP contribution in [0.25, 0.3) is 0 Å². The van der Waals surface area contributed by atoms with E-state index >= 15 is 0 Å². The molecular formula is C13H17ClF3NO3. The molecule has 0 fully saturated rings. The number of carbonyl (C=O) groups excluding carboxylic acids is 1. The zero-order chi connectivity index (χ0) is 15.2. The molecule has 0 aliphatic carbocycles. The van der Waals surface area contributed by atoms with Gasteiger partial charge in [0.15, 0.2) is 24.7 Å². The summed E-state index contributed by atoms with van der Waals surface area (Å²) in [6.07, 6.45) is -4.43. The highest BCUT2D eigenvalue weighted by Gasteiger charge is 2.29. The molecule has 120 valence electrons. The molecule has 1 aromatic rings. The van der Waals surface area contributed by atoms with Crippen molar-refractivity contribution in [1.29, 1.82) is 0 Å². The topological polar surface area (TPSA) is 38.8 Å². The van der Waals surface area contributed by atoms with Gasteiger partial charge >= 0.3 is 6.18 Å². The molecule has 0 unspecified atom stereocenters. The van der Waals surface area contributed by atoms with Gasteiger partial charge in [0.05, 0.1) is 0 Å². The summed E-state index contributed by atoms with van der Waals surface area (Å²) in [5.41, 5.74) is 0. The molecular weight excluding hydrogens is 311 g/mol. The van der Waals surface area contributed by atoms with E-state index in [1.54, 1.807) is 20.0 Å². The van der Waals surface area contributed by atoms with Crippen LogP contribution in [0.1, 0.15) is 6.92 Å². The fourth-order valence-electron chi connectivity index (χ4n) is 1.27. The Labute approximate surface area is 127 Å². The molecule has 0 spiro atoms. The Morgan fingerprint density at radius 1 is 1.19 bits per heavy atom. The number of benzene rings is 1. The lowest BCUT2D eigenvalue weighted by Gasteiger charge is -2.16. The van der Waals surface area contributed by atoms with Crippen LogP contribution in [0.15, 0.2) is 24.3 Å². The first-order valence-corrected chi connectivity index (χ1v) is 5.99. The maximum absolute atomic E-state index is 12.1. The second kappa shape index (κ2) is 8.61. The summed E-state index contributed by atoms with van der Waals surface area (Å²) in [6, 6.07) is 5.92. The summed E-state index contributed by atoms with van der Waals surface area (Å²) in [4.78, 5) is 13.0. The summed E-state index contributed by atoms with van der Waals surface area (Å²) in [6.45, 7) is 0.666. The minimum absolute atomic E-state index is 0. The Bertz CT molecular complexity index is 455. The Kier molecular flexibility index (Phi) is 7.94. The first-order chi connectivity index (χ1) is 9.33. The van der Waals surface area contributed by atoms with Gasteiger partial charge in [0.1, 0.15) is 0 Å². The van der Waals surface area contributed by atoms with E-state index in [0.717, 1.165) is 0 Å². The van der Waals surface area contributed by atoms with E-state index in [9.17, 15) is 18.0 Å². The van der Waals surface area contributed by atoms with Gasteiger partial charge in [-0.3, -0.25) is 4.79 Å². The SMILES string of the molecule is CCN(C)C(=O)COc1ccccc1OCC(F)(F)F.Cl. The molecule has 0 bridgehead atoms. The van der Waals surface area contributed by atoms with Gasteiger partial charge < -0.3 is 14.4 Å². The van der Waals surface area contributed by atoms with Crippen LogP contribution in [-0.4, -0.2) is 43.8 Å². The molecule has 1 rings (SSSR count). The van der Waals surface area contributed by atoms with Crippen LogP contribution >= 0.6 is 12.4 Å². The monoisotopic (exact) mass is 327 g/mol. The van der Waals surface area contributed by atoms with Crippen LogP contribution in [0.2, 0.25) is 0 Å². The van der Waals surface area contributed by atoms with Crippen molar-refractivity contribution in [2.24, 2.45) is 0 Å². The summed E-state index contributed by atoms with van der Waals surface area (Å²) in [5, 5.41) is 0. The third-order valence-corrected chi connectivity index (χ3v) is 2.49. The number of halogens is 4. The highest BCUT2D eigenvalue weighted by Crippen LogP contribution is 2.28. The van der Waals surface area contributed by atoms with Gasteiger partial charge in [-0.1, -0.05) is 12.1 Å². The smallest absolute Gasteiger partial charge is 0.422 e. The molecule has 0 aromatic heterocycles. The predicted octanol–water partition coefficient (Wildman–Crippen LogP) is 2.91. The van der Waals surface area contributed by atoms with Gasteiger partial charge in [-0.15, -0.1) is 12.4 Å². The average Bonchev–Trinajstić information content (AvgIpc) is 2.41. The first kappa shape index (κ1) is 19.4. The minimum atomic E-state index is -4.43. The molecule has 0 radical (unpaired) electrons. The lowest BCUT2D eigenvalue weighted by molar-refractivity contribution is -0.153. The zero-order valence-electron chi connectivity index (χ0n) is 11.6. The number of carbonyl (C=O) groups is 1. The van der Waals surface area contributed by atoms with Crippen LogP contribution in [0, 0.1) is 0 Å². The molecule has 0 aliphatic heterocycles. The number of ether oxygens (including phenoxy) is 2. The highest BCUT2D eigenvalue weighted by molar-refractivity contribution is 5.85. The van der Waals surface area contributed by atoms with E-state index in [2.05, 4.69) is 4.74 Å². The number of likely N-dealkylation sites (N-methyl/N-ethyl adjacent to an activating group) is 1. The molecule has 0 heterocycles. The van der Waals surface area contributed by atoms with Gasteiger partial charge in [0, 0.05) is 13.6 Å². The lowest BCUT2D eigenvalue weighted by atomic mass is 10.3. The number of para-hydroxylation sites is 2. The molecule has 0 N–H and O–H groups in total. The van der Waals surface area contributed by atoms with Crippen molar-refractivity contribution in [3.8, 4) is 11.5 Å². The minimum Gasteiger partial charge on any atom is -0.480 e. The third kappa shape index (κ3) is 7.08. The van der Waals surface area contributed by atoms with Crippen molar-refractivity contribution >= 4 is 18.3 Å². The van der Waals surface area contributed by atoms with E-state index in [0.29, 0.717) is 6.54 Å². The van der Waals surface area contributed by atoms with Crippen molar-refractivity contribution in [3.63, 3.8) is 0 Å². The molecule has 0 aliphatic rings. The molecule has 1 aromatic carbocycles. The normalized spacial score (nSPS) is 10.5. The molecule has 21 heavy (non-hydrogen) atoms. The molecule has 0 atom stereocenters. The van der Waals surface area contributed by atoms with E-state index in [-0.39, 0.29) is 36.4 Å². The lowest BCUT2D eigenvalue weighted by Crippen LogP contribution is -2.31. The third-order valence-electron chi connectivity index (χ3n) is 2.49. The Morgan fingerprint density at radius 2 is 1.71 bits per heavy atom. The average molecular weight is 328 g/mol. The molecule has 8 heteroatoms. The van der Waals surface area contributed by atoms with Crippen LogP contribution in [0.4, 0.5) is 13.2 Å². The second-order valence-electron chi connectivity index (χ2n) is 4.05. The van der Waals surface area contributed by atoms with Crippen LogP contribution < -0.4 is 9.47 Å². The zero-order valence-corrected chi connectivity index (χ0v) is 12.5. The molecule has 4 nitrogen and oxygen atoms in total. The predicted molar refractivity (Wildman–Crippen MR) is 74.0 cm³/mol. The van der Waals surface area contributed by atoms with Crippen molar-refractivity contribution < 1.29 is 27.4 Å². The standard InChI is InChI=1S/C13H16F3NO3.ClH/c1-3-17(2)12(18)8-19-10-6-4-5-7-11(10)20-9-13(14,15)16;/h4-7H,3,8-9H2,1-2H3;1H. The van der Waals surface area contributed by atoms with E-state index in [1.807, 2.05) is 0 Å². The Morgan fingerprint density at radius 3 is 2.19 bits per heavy atom. The maximum atomic E-state index is 12.1. The van der Waals surface area contributed by atoms with E-state index < -0.39 is 12.8 Å². The molecule has 0 saturated heterocycles. The van der Waals surface area contributed by atoms with E-state index in [4.69, 9.17) is 4.74 Å². The van der Waals surface area contributed by atoms with Crippen molar-refractivity contribution in [2.45, 2.75) is 13.1 Å². The number of hydrogen-bond donors (Lipinski definition) is 0. The fourth-order valence-corrected chi connectivity index (χ4v) is 1.27. The summed E-state index contributed by atoms with van der Waals surface area (Å²) >= 11 is 0. The Hall–Kier alpha value is -1.63.